The first-order valence-electron chi connectivity index (χ1n) is 14.0. The number of carbonyl (C=O) groups is 3. The van der Waals surface area contributed by atoms with E-state index in [0.29, 0.717) is 16.8 Å². The highest BCUT2D eigenvalue weighted by atomic mass is 16.5. The van der Waals surface area contributed by atoms with Crippen LogP contribution in [0.2, 0.25) is 0 Å². The number of carbonyl (C=O) groups excluding carboxylic acids is 3. The minimum Gasteiger partial charge on any atom is -0.465 e. The Morgan fingerprint density at radius 2 is 1.09 bits per heavy atom. The molecule has 1 N–H and O–H groups in total. The molecule has 0 aromatic heterocycles. The molecule has 0 radical (unpaired) electrons. The Kier molecular flexibility index (Phi) is 11.2. The van der Waals surface area contributed by atoms with Gasteiger partial charge in [0.2, 0.25) is 5.91 Å². The van der Waals surface area contributed by atoms with Crippen LogP contribution in [0.3, 0.4) is 0 Å². The van der Waals surface area contributed by atoms with Gasteiger partial charge >= 0.3 is 11.9 Å². The first-order valence-corrected chi connectivity index (χ1v) is 14.0. The normalized spacial score (nSPS) is 10.3. The molecule has 43 heavy (non-hydrogen) atoms. The van der Waals surface area contributed by atoms with Crippen molar-refractivity contribution in [2.75, 3.05) is 38.5 Å². The summed E-state index contributed by atoms with van der Waals surface area (Å²) in [7, 11) is 6.29. The topological polar surface area (TPSA) is 84.9 Å². The van der Waals surface area contributed by atoms with Gasteiger partial charge in [-0.2, -0.15) is 0 Å². The van der Waals surface area contributed by atoms with E-state index in [9.17, 15) is 14.4 Å². The van der Waals surface area contributed by atoms with E-state index in [4.69, 9.17) is 9.47 Å². The van der Waals surface area contributed by atoms with Gasteiger partial charge in [-0.1, -0.05) is 73.5 Å². The predicted molar refractivity (Wildman–Crippen MR) is 174 cm³/mol. The molecule has 4 aromatic rings. The minimum atomic E-state index is -0.421. The van der Waals surface area contributed by atoms with Crippen molar-refractivity contribution in [1.82, 2.24) is 0 Å². The van der Waals surface area contributed by atoms with Crippen molar-refractivity contribution in [1.29, 1.82) is 0 Å². The van der Waals surface area contributed by atoms with Gasteiger partial charge in [-0.15, -0.1) is 0 Å². The highest BCUT2D eigenvalue weighted by Crippen LogP contribution is 2.28. The zero-order valence-corrected chi connectivity index (χ0v) is 26.1. The Hall–Kier alpha value is -4.91. The number of nitrogens with zero attached hydrogens (tertiary/aromatic N) is 1. The molecule has 0 saturated carbocycles. The highest BCUT2D eigenvalue weighted by molar-refractivity contribution is 5.98. The molecular formula is C36H40N2O5. The number of methoxy groups -OCH3 is 2. The molecule has 0 saturated heterocycles. The molecule has 224 valence electrons. The molecule has 4 aromatic carbocycles. The number of rotatable bonds is 7. The van der Waals surface area contributed by atoms with Crippen LogP contribution in [-0.4, -0.2) is 46.2 Å². The lowest BCUT2D eigenvalue weighted by Gasteiger charge is -2.21. The van der Waals surface area contributed by atoms with Crippen molar-refractivity contribution in [2.24, 2.45) is 5.92 Å². The summed E-state index contributed by atoms with van der Waals surface area (Å²) in [4.78, 5) is 37.5. The zero-order valence-electron chi connectivity index (χ0n) is 26.1. The van der Waals surface area contributed by atoms with Gasteiger partial charge in [0.25, 0.3) is 0 Å². The van der Waals surface area contributed by atoms with Crippen LogP contribution >= 0.6 is 0 Å². The Balaban J connectivity index is 0.000000242. The van der Waals surface area contributed by atoms with Gasteiger partial charge in [0.05, 0.1) is 25.3 Å². The molecular weight excluding hydrogens is 540 g/mol. The average Bonchev–Trinajstić information content (AvgIpc) is 3.03. The number of amides is 1. The summed E-state index contributed by atoms with van der Waals surface area (Å²) in [5.41, 5.74) is 8.83. The van der Waals surface area contributed by atoms with Crippen LogP contribution in [-0.2, 0) is 14.3 Å². The highest BCUT2D eigenvalue weighted by Gasteiger charge is 2.18. The van der Waals surface area contributed by atoms with Crippen LogP contribution in [0.1, 0.15) is 45.7 Å². The molecule has 7 nitrogen and oxygen atoms in total. The van der Waals surface area contributed by atoms with Crippen LogP contribution in [0.4, 0.5) is 11.4 Å². The summed E-state index contributed by atoms with van der Waals surface area (Å²) < 4.78 is 9.63. The maximum atomic E-state index is 12.3. The number of anilines is 2. The first kappa shape index (κ1) is 32.6. The van der Waals surface area contributed by atoms with Crippen molar-refractivity contribution < 1.29 is 23.9 Å². The molecule has 0 heterocycles. The Bertz CT molecular complexity index is 1570. The maximum Gasteiger partial charge on any atom is 0.337 e. The number of ether oxygens (including phenoxy) is 2. The molecule has 0 aliphatic carbocycles. The van der Waals surface area contributed by atoms with Gasteiger partial charge in [0.15, 0.2) is 0 Å². The van der Waals surface area contributed by atoms with Crippen molar-refractivity contribution >= 4 is 29.2 Å². The molecule has 0 unspecified atom stereocenters. The zero-order chi connectivity index (χ0) is 31.7. The third-order valence-corrected chi connectivity index (χ3v) is 6.96. The van der Waals surface area contributed by atoms with Crippen LogP contribution in [0.25, 0.3) is 22.3 Å². The summed E-state index contributed by atoms with van der Waals surface area (Å²) >= 11 is 0. The Labute approximate surface area is 254 Å². The molecule has 0 aliphatic heterocycles. The lowest BCUT2D eigenvalue weighted by molar-refractivity contribution is -0.121. The van der Waals surface area contributed by atoms with Crippen molar-refractivity contribution in [3.63, 3.8) is 0 Å². The van der Waals surface area contributed by atoms with E-state index in [2.05, 4.69) is 17.4 Å². The second kappa shape index (κ2) is 14.8. The van der Waals surface area contributed by atoms with E-state index in [-0.39, 0.29) is 17.8 Å². The van der Waals surface area contributed by atoms with Crippen molar-refractivity contribution in [3.8, 4) is 22.3 Å². The Morgan fingerprint density at radius 3 is 1.51 bits per heavy atom. The number of hydrogen-bond acceptors (Lipinski definition) is 6. The van der Waals surface area contributed by atoms with Crippen LogP contribution in [0.15, 0.2) is 84.9 Å². The van der Waals surface area contributed by atoms with Gasteiger partial charge < -0.3 is 19.7 Å². The number of esters is 2. The monoisotopic (exact) mass is 580 g/mol. The largest absolute Gasteiger partial charge is 0.465 e. The molecule has 0 spiro atoms. The van der Waals surface area contributed by atoms with Gasteiger partial charge in [-0.05, 0) is 72.5 Å². The third kappa shape index (κ3) is 8.55. The number of benzene rings is 4. The second-order valence-electron chi connectivity index (χ2n) is 10.6. The van der Waals surface area contributed by atoms with Crippen molar-refractivity contribution in [2.45, 2.75) is 27.7 Å². The van der Waals surface area contributed by atoms with E-state index in [1.165, 1.54) is 19.8 Å². The van der Waals surface area contributed by atoms with Crippen LogP contribution < -0.4 is 10.2 Å². The molecule has 0 fully saturated rings. The van der Waals surface area contributed by atoms with Crippen LogP contribution in [0, 0.1) is 19.8 Å². The summed E-state index contributed by atoms with van der Waals surface area (Å²) in [5.74, 6) is -0.882. The standard InChI is InChI=1S/C20H23NO3.C16H17NO2/c1-13(2)19(22)21(4)18-11-16(10-17(12-18)20(23)24-5)15-8-6-14(3)7-9-15;1-11-4-6-12(7-5-11)13-8-14(16(18)19-3)10-15(9-13)17-2/h6-13H,1-5H3;4-10,17H,1-3H3. The minimum absolute atomic E-state index is 0.00753. The molecule has 1 amide bonds. The summed E-state index contributed by atoms with van der Waals surface area (Å²) in [5, 5.41) is 3.06. The number of nitrogens with one attached hydrogen (secondary N) is 1. The lowest BCUT2D eigenvalue weighted by atomic mass is 10.0. The van der Waals surface area contributed by atoms with E-state index < -0.39 is 5.97 Å². The fraction of sp³-hybridized carbons (Fsp3) is 0.250. The van der Waals surface area contributed by atoms with Gasteiger partial charge in [0.1, 0.15) is 0 Å². The fourth-order valence-corrected chi connectivity index (χ4v) is 4.39. The quantitative estimate of drug-likeness (QED) is 0.227. The number of aryl methyl sites for hydroxylation is 2. The fourth-order valence-electron chi connectivity index (χ4n) is 4.39. The van der Waals surface area contributed by atoms with Crippen LogP contribution in [0.5, 0.6) is 0 Å². The second-order valence-corrected chi connectivity index (χ2v) is 10.6. The molecule has 0 bridgehead atoms. The van der Waals surface area contributed by atoms with Gasteiger partial charge in [-0.3, -0.25) is 4.79 Å². The molecule has 7 heteroatoms. The first-order chi connectivity index (χ1) is 20.5. The predicted octanol–water partition coefficient (Wildman–Crippen LogP) is 7.56. The van der Waals surface area contributed by atoms with Crippen molar-refractivity contribution in [3.05, 3.63) is 107 Å². The summed E-state index contributed by atoms with van der Waals surface area (Å²) in [6.45, 7) is 7.77. The van der Waals surface area contributed by atoms with E-state index >= 15 is 0 Å². The average molecular weight is 581 g/mol. The molecule has 4 rings (SSSR count). The summed E-state index contributed by atoms with van der Waals surface area (Å²) in [6, 6.07) is 27.3. The Morgan fingerprint density at radius 1 is 0.651 bits per heavy atom. The number of hydrogen-bond donors (Lipinski definition) is 1. The van der Waals surface area contributed by atoms with E-state index in [1.807, 2.05) is 89.3 Å². The SMILES string of the molecule is CNc1cc(C(=O)OC)cc(-c2ccc(C)cc2)c1.COC(=O)c1cc(-c2ccc(C)cc2)cc(N(C)C(=O)C(C)C)c1. The van der Waals surface area contributed by atoms with Gasteiger partial charge in [0, 0.05) is 31.4 Å². The molecule has 0 atom stereocenters. The van der Waals surface area contributed by atoms with E-state index in [1.54, 1.807) is 30.1 Å². The summed E-state index contributed by atoms with van der Waals surface area (Å²) in [6.07, 6.45) is 0. The molecule has 0 aliphatic rings. The smallest absolute Gasteiger partial charge is 0.337 e. The maximum absolute atomic E-state index is 12.3. The lowest BCUT2D eigenvalue weighted by Crippen LogP contribution is -2.30. The van der Waals surface area contributed by atoms with E-state index in [0.717, 1.165) is 33.5 Å². The van der Waals surface area contributed by atoms with Gasteiger partial charge in [-0.25, -0.2) is 9.59 Å². The third-order valence-electron chi connectivity index (χ3n) is 6.96.